The number of carbonyl (C=O) groups is 1. The minimum absolute atomic E-state index is 0.00515. The molecular weight excluding hydrogens is 266 g/mol. The van der Waals surface area contributed by atoms with Crippen LogP contribution in [0.5, 0.6) is 0 Å². The summed E-state index contributed by atoms with van der Waals surface area (Å²) < 4.78 is 5.27. The Labute approximate surface area is 124 Å². The van der Waals surface area contributed by atoms with E-state index >= 15 is 0 Å². The van der Waals surface area contributed by atoms with Crippen LogP contribution >= 0.6 is 0 Å². The van der Waals surface area contributed by atoms with Gasteiger partial charge in [-0.15, -0.1) is 0 Å². The average molecular weight is 287 g/mol. The highest BCUT2D eigenvalue weighted by Gasteiger charge is 2.20. The van der Waals surface area contributed by atoms with Crippen LogP contribution in [0.4, 0.5) is 0 Å². The van der Waals surface area contributed by atoms with Crippen molar-refractivity contribution in [2.75, 3.05) is 0 Å². The highest BCUT2D eigenvalue weighted by atomic mass is 16.4. The van der Waals surface area contributed by atoms with E-state index in [-0.39, 0.29) is 5.76 Å². The first-order valence-electron chi connectivity index (χ1n) is 7.62. The molecule has 1 atom stereocenters. The summed E-state index contributed by atoms with van der Waals surface area (Å²) in [5.41, 5.74) is 1.78. The highest BCUT2D eigenvalue weighted by Crippen LogP contribution is 2.28. The summed E-state index contributed by atoms with van der Waals surface area (Å²) in [5, 5.41) is 13.4. The molecule has 3 rings (SSSR count). The molecule has 4 heteroatoms. The maximum Gasteiger partial charge on any atom is 0.371 e. The first-order chi connectivity index (χ1) is 10.1. The molecule has 1 aromatic carbocycles. The van der Waals surface area contributed by atoms with Crippen molar-refractivity contribution in [2.24, 2.45) is 5.92 Å². The minimum Gasteiger partial charge on any atom is -0.475 e. The van der Waals surface area contributed by atoms with Gasteiger partial charge in [-0.3, -0.25) is 0 Å². The lowest BCUT2D eigenvalue weighted by atomic mass is 9.99. The molecule has 0 amide bonds. The Morgan fingerprint density at radius 1 is 1.38 bits per heavy atom. The van der Waals surface area contributed by atoms with Crippen molar-refractivity contribution >= 4 is 16.9 Å². The van der Waals surface area contributed by atoms with Gasteiger partial charge in [-0.25, -0.2) is 4.79 Å². The molecule has 21 heavy (non-hydrogen) atoms. The molecule has 1 aliphatic carbocycles. The van der Waals surface area contributed by atoms with Gasteiger partial charge in [0, 0.05) is 18.0 Å². The maximum atomic E-state index is 10.9. The van der Waals surface area contributed by atoms with Gasteiger partial charge in [-0.05, 0) is 49.4 Å². The van der Waals surface area contributed by atoms with Crippen LogP contribution in [0.3, 0.4) is 0 Å². The van der Waals surface area contributed by atoms with Gasteiger partial charge >= 0.3 is 5.97 Å². The van der Waals surface area contributed by atoms with Crippen LogP contribution in [-0.2, 0) is 6.54 Å². The number of benzene rings is 1. The predicted molar refractivity (Wildman–Crippen MR) is 81.4 cm³/mol. The molecule has 1 aliphatic rings. The fourth-order valence-corrected chi connectivity index (χ4v) is 3.21. The third-order valence-corrected chi connectivity index (χ3v) is 4.53. The van der Waals surface area contributed by atoms with Crippen LogP contribution in [0.2, 0.25) is 0 Å². The molecule has 0 spiro atoms. The van der Waals surface area contributed by atoms with Gasteiger partial charge in [0.05, 0.1) is 0 Å². The molecule has 0 saturated heterocycles. The number of furan rings is 1. The summed E-state index contributed by atoms with van der Waals surface area (Å²) in [6.07, 6.45) is 5.37. The Morgan fingerprint density at radius 2 is 2.14 bits per heavy atom. The van der Waals surface area contributed by atoms with Gasteiger partial charge in [-0.1, -0.05) is 18.9 Å². The van der Waals surface area contributed by atoms with Crippen LogP contribution in [0.1, 0.15) is 48.7 Å². The van der Waals surface area contributed by atoms with Crippen molar-refractivity contribution < 1.29 is 14.3 Å². The zero-order valence-corrected chi connectivity index (χ0v) is 12.3. The second-order valence-corrected chi connectivity index (χ2v) is 6.00. The summed E-state index contributed by atoms with van der Waals surface area (Å²) in [6, 6.07) is 7.95. The molecule has 1 fully saturated rings. The van der Waals surface area contributed by atoms with Crippen LogP contribution in [0.25, 0.3) is 11.0 Å². The van der Waals surface area contributed by atoms with E-state index in [0.29, 0.717) is 11.6 Å². The summed E-state index contributed by atoms with van der Waals surface area (Å²) in [4.78, 5) is 10.9. The summed E-state index contributed by atoms with van der Waals surface area (Å²) in [6.45, 7) is 3.07. The van der Waals surface area contributed by atoms with Crippen molar-refractivity contribution in [2.45, 2.75) is 45.2 Å². The Bertz CT molecular complexity index is 641. The van der Waals surface area contributed by atoms with Gasteiger partial charge < -0.3 is 14.8 Å². The third kappa shape index (κ3) is 3.10. The zero-order chi connectivity index (χ0) is 14.8. The number of fused-ring (bicyclic) bond motifs is 1. The van der Waals surface area contributed by atoms with Gasteiger partial charge in [0.1, 0.15) is 5.58 Å². The van der Waals surface area contributed by atoms with Crippen molar-refractivity contribution in [1.29, 1.82) is 0 Å². The lowest BCUT2D eigenvalue weighted by molar-refractivity contribution is 0.0665. The summed E-state index contributed by atoms with van der Waals surface area (Å²) >= 11 is 0. The Balaban J connectivity index is 1.67. The highest BCUT2D eigenvalue weighted by molar-refractivity contribution is 5.91. The minimum atomic E-state index is -1.03. The fraction of sp³-hybridized carbons (Fsp3) is 0.471. The van der Waals surface area contributed by atoms with Crippen molar-refractivity contribution in [3.63, 3.8) is 0 Å². The number of nitrogens with one attached hydrogen (secondary N) is 1. The quantitative estimate of drug-likeness (QED) is 0.878. The fourth-order valence-electron chi connectivity index (χ4n) is 3.21. The molecule has 0 unspecified atom stereocenters. The second kappa shape index (κ2) is 5.90. The number of aromatic carboxylic acids is 1. The topological polar surface area (TPSA) is 62.5 Å². The van der Waals surface area contributed by atoms with E-state index in [4.69, 9.17) is 9.52 Å². The first kappa shape index (κ1) is 14.1. The molecule has 2 N–H and O–H groups in total. The molecule has 1 aromatic heterocycles. The van der Waals surface area contributed by atoms with E-state index in [2.05, 4.69) is 12.2 Å². The number of carboxylic acids is 1. The third-order valence-electron chi connectivity index (χ3n) is 4.53. The van der Waals surface area contributed by atoms with Gasteiger partial charge in [-0.2, -0.15) is 0 Å². The first-order valence-corrected chi connectivity index (χ1v) is 7.62. The van der Waals surface area contributed by atoms with E-state index in [1.54, 1.807) is 6.07 Å². The number of carboxylic acid groups (broad SMARTS) is 1. The van der Waals surface area contributed by atoms with E-state index in [0.717, 1.165) is 23.4 Å². The Kier molecular flexibility index (Phi) is 3.97. The Morgan fingerprint density at radius 3 is 2.86 bits per heavy atom. The van der Waals surface area contributed by atoms with Crippen molar-refractivity contribution in [3.05, 3.63) is 35.6 Å². The van der Waals surface area contributed by atoms with Crippen LogP contribution in [-0.4, -0.2) is 17.1 Å². The van der Waals surface area contributed by atoms with Crippen molar-refractivity contribution in [1.82, 2.24) is 5.32 Å². The SMILES string of the molecule is C[C@@H](NCc1ccc2oc(C(=O)O)cc2c1)C1CCCC1. The lowest BCUT2D eigenvalue weighted by Crippen LogP contribution is -2.31. The van der Waals surface area contributed by atoms with Gasteiger partial charge in [0.2, 0.25) is 5.76 Å². The molecule has 0 radical (unpaired) electrons. The van der Waals surface area contributed by atoms with Crippen LogP contribution < -0.4 is 5.32 Å². The van der Waals surface area contributed by atoms with Crippen LogP contribution in [0.15, 0.2) is 28.7 Å². The standard InChI is InChI=1S/C17H21NO3/c1-11(13-4-2-3-5-13)18-10-12-6-7-15-14(8-12)9-16(21-15)17(19)20/h6-9,11,13,18H,2-5,10H2,1H3,(H,19,20)/t11-/m1/s1. The van der Waals surface area contributed by atoms with Gasteiger partial charge in [0.25, 0.3) is 0 Å². The largest absolute Gasteiger partial charge is 0.475 e. The Hall–Kier alpha value is -1.81. The molecule has 0 bridgehead atoms. The van der Waals surface area contributed by atoms with E-state index in [1.165, 1.54) is 25.7 Å². The van der Waals surface area contributed by atoms with Gasteiger partial charge in [0.15, 0.2) is 0 Å². The van der Waals surface area contributed by atoms with E-state index < -0.39 is 5.97 Å². The number of hydrogen-bond donors (Lipinski definition) is 2. The smallest absolute Gasteiger partial charge is 0.371 e. The van der Waals surface area contributed by atoms with Crippen LogP contribution in [0, 0.1) is 5.92 Å². The molecule has 4 nitrogen and oxygen atoms in total. The van der Waals surface area contributed by atoms with E-state index in [1.807, 2.05) is 18.2 Å². The molecular formula is C17H21NO3. The van der Waals surface area contributed by atoms with Crippen molar-refractivity contribution in [3.8, 4) is 0 Å². The summed E-state index contributed by atoms with van der Waals surface area (Å²) in [5.74, 6) is -0.239. The lowest BCUT2D eigenvalue weighted by Gasteiger charge is -2.20. The maximum absolute atomic E-state index is 10.9. The molecule has 1 heterocycles. The molecule has 2 aromatic rings. The zero-order valence-electron chi connectivity index (χ0n) is 12.3. The summed E-state index contributed by atoms with van der Waals surface area (Å²) in [7, 11) is 0. The molecule has 1 saturated carbocycles. The van der Waals surface area contributed by atoms with E-state index in [9.17, 15) is 4.79 Å². The second-order valence-electron chi connectivity index (χ2n) is 6.00. The molecule has 0 aliphatic heterocycles. The monoisotopic (exact) mass is 287 g/mol. The number of hydrogen-bond acceptors (Lipinski definition) is 3. The normalized spacial score (nSPS) is 17.4. The predicted octanol–water partition coefficient (Wildman–Crippen LogP) is 3.80. The molecule has 112 valence electrons. The number of rotatable bonds is 5. The average Bonchev–Trinajstić information content (AvgIpc) is 3.13.